The second-order valence-corrected chi connectivity index (χ2v) is 5.19. The lowest BCUT2D eigenvalue weighted by Crippen LogP contribution is -2.31. The van der Waals surface area contributed by atoms with E-state index in [-0.39, 0.29) is 0 Å². The Balaban J connectivity index is 0.000000388. The van der Waals surface area contributed by atoms with Gasteiger partial charge in [0, 0.05) is 0 Å². The molecule has 1 aromatic carbocycles. The quantitative estimate of drug-likeness (QED) is 0.699. The average molecular weight is 290 g/mol. The van der Waals surface area contributed by atoms with Crippen LogP contribution in [0, 0.1) is 6.92 Å². The number of carbonyl (C=O) groups is 2. The molecule has 0 radical (unpaired) electrons. The fraction of sp³-hybridized carbons (Fsp3) is 0.273. The van der Waals surface area contributed by atoms with E-state index in [4.69, 9.17) is 14.8 Å². The van der Waals surface area contributed by atoms with E-state index in [1.165, 1.54) is 5.56 Å². The molecule has 0 bridgehead atoms. The lowest BCUT2D eigenvalue weighted by Gasteiger charge is -2.04. The summed E-state index contributed by atoms with van der Waals surface area (Å²) in [5.74, 6) is -3.50. The van der Waals surface area contributed by atoms with Gasteiger partial charge in [-0.3, -0.25) is 14.1 Å². The summed E-state index contributed by atoms with van der Waals surface area (Å²) in [4.78, 5) is 20.0. The summed E-state index contributed by atoms with van der Waals surface area (Å²) in [6, 6.07) is 10.3. The molecule has 0 spiro atoms. The van der Waals surface area contributed by atoms with E-state index in [9.17, 15) is 18.0 Å². The maximum Gasteiger partial charge on any atom is 0.325 e. The SMILES string of the molecule is Cc1ccccc1.O=C(O)CC(C(=O)O)S(=O)(=O)O. The molecule has 106 valence electrons. The van der Waals surface area contributed by atoms with E-state index in [0.717, 1.165) is 0 Å². The maximum atomic E-state index is 10.2. The molecule has 0 aliphatic rings. The minimum absolute atomic E-state index is 1.16. The van der Waals surface area contributed by atoms with Crippen molar-refractivity contribution in [3.63, 3.8) is 0 Å². The molecular formula is C11H14O7S. The Morgan fingerprint density at radius 3 is 1.79 bits per heavy atom. The number of carboxylic acids is 2. The Morgan fingerprint density at radius 2 is 1.63 bits per heavy atom. The van der Waals surface area contributed by atoms with Crippen LogP contribution in [0.25, 0.3) is 0 Å². The number of aliphatic carboxylic acids is 2. The lowest BCUT2D eigenvalue weighted by molar-refractivity contribution is -0.143. The monoisotopic (exact) mass is 290 g/mol. The Morgan fingerprint density at radius 1 is 1.16 bits per heavy atom. The highest BCUT2D eigenvalue weighted by Gasteiger charge is 2.33. The highest BCUT2D eigenvalue weighted by Crippen LogP contribution is 2.04. The van der Waals surface area contributed by atoms with Crippen molar-refractivity contribution in [2.75, 3.05) is 0 Å². The van der Waals surface area contributed by atoms with E-state index in [1.807, 2.05) is 18.2 Å². The van der Waals surface area contributed by atoms with Crippen molar-refractivity contribution in [1.29, 1.82) is 0 Å². The normalized spacial score (nSPS) is 11.9. The first-order valence-corrected chi connectivity index (χ1v) is 6.57. The molecule has 7 nitrogen and oxygen atoms in total. The summed E-state index contributed by atoms with van der Waals surface area (Å²) in [5.41, 5.74) is 1.32. The molecule has 0 aliphatic carbocycles. The Labute approximate surface area is 110 Å². The van der Waals surface area contributed by atoms with Crippen LogP contribution >= 0.6 is 0 Å². The van der Waals surface area contributed by atoms with Crippen LogP contribution in [0.1, 0.15) is 12.0 Å². The summed E-state index contributed by atoms with van der Waals surface area (Å²) in [6.45, 7) is 2.08. The third-order valence-electron chi connectivity index (χ3n) is 1.94. The predicted octanol–water partition coefficient (Wildman–Crippen LogP) is 0.797. The molecule has 1 rings (SSSR count). The largest absolute Gasteiger partial charge is 0.481 e. The van der Waals surface area contributed by atoms with Crippen molar-refractivity contribution in [1.82, 2.24) is 0 Å². The van der Waals surface area contributed by atoms with Crippen molar-refractivity contribution in [3.8, 4) is 0 Å². The van der Waals surface area contributed by atoms with Gasteiger partial charge in [-0.15, -0.1) is 0 Å². The molecule has 0 saturated heterocycles. The molecule has 1 atom stereocenters. The Bertz CT molecular complexity index is 521. The second-order valence-electron chi connectivity index (χ2n) is 3.59. The molecule has 0 aromatic heterocycles. The first kappa shape index (κ1) is 17.1. The van der Waals surface area contributed by atoms with Gasteiger partial charge in [0.25, 0.3) is 10.1 Å². The van der Waals surface area contributed by atoms with Gasteiger partial charge in [-0.05, 0) is 6.92 Å². The van der Waals surface area contributed by atoms with Gasteiger partial charge < -0.3 is 10.2 Å². The summed E-state index contributed by atoms with van der Waals surface area (Å²) in [6.07, 6.45) is -1.16. The van der Waals surface area contributed by atoms with Crippen LogP contribution in [0.5, 0.6) is 0 Å². The van der Waals surface area contributed by atoms with Gasteiger partial charge in [0.15, 0.2) is 5.25 Å². The van der Waals surface area contributed by atoms with Crippen molar-refractivity contribution in [2.45, 2.75) is 18.6 Å². The van der Waals surface area contributed by atoms with Crippen LogP contribution in [-0.2, 0) is 19.7 Å². The Kier molecular flexibility index (Phi) is 6.73. The maximum absolute atomic E-state index is 10.2. The number of aryl methyl sites for hydroxylation is 1. The van der Waals surface area contributed by atoms with Crippen LogP contribution in [0.15, 0.2) is 30.3 Å². The lowest BCUT2D eigenvalue weighted by atomic mass is 10.2. The van der Waals surface area contributed by atoms with E-state index in [2.05, 4.69) is 19.1 Å². The fourth-order valence-corrected chi connectivity index (χ4v) is 1.62. The van der Waals surface area contributed by atoms with E-state index in [1.54, 1.807) is 0 Å². The molecule has 1 aromatic rings. The van der Waals surface area contributed by atoms with E-state index >= 15 is 0 Å². The number of benzene rings is 1. The van der Waals surface area contributed by atoms with Crippen molar-refractivity contribution < 1.29 is 32.8 Å². The van der Waals surface area contributed by atoms with Gasteiger partial charge in [-0.2, -0.15) is 8.42 Å². The summed E-state index contributed by atoms with van der Waals surface area (Å²) in [5, 5.41) is 13.9. The van der Waals surface area contributed by atoms with Crippen molar-refractivity contribution in [2.24, 2.45) is 0 Å². The number of rotatable bonds is 4. The van der Waals surface area contributed by atoms with E-state index in [0.29, 0.717) is 0 Å². The van der Waals surface area contributed by atoms with Gasteiger partial charge in [-0.25, -0.2) is 0 Å². The molecule has 3 N–H and O–H groups in total. The van der Waals surface area contributed by atoms with Gasteiger partial charge in [0.1, 0.15) is 0 Å². The van der Waals surface area contributed by atoms with Crippen LogP contribution in [0.3, 0.4) is 0 Å². The van der Waals surface area contributed by atoms with Gasteiger partial charge in [0.05, 0.1) is 6.42 Å². The first-order chi connectivity index (χ1) is 8.64. The van der Waals surface area contributed by atoms with Crippen LogP contribution in [0.4, 0.5) is 0 Å². The number of hydrogen-bond donors (Lipinski definition) is 3. The smallest absolute Gasteiger partial charge is 0.325 e. The zero-order valence-electron chi connectivity index (χ0n) is 10.1. The highest BCUT2D eigenvalue weighted by molar-refractivity contribution is 7.87. The number of carboxylic acid groups (broad SMARTS) is 2. The minimum Gasteiger partial charge on any atom is -0.481 e. The van der Waals surface area contributed by atoms with Gasteiger partial charge in [-0.1, -0.05) is 35.9 Å². The second kappa shape index (κ2) is 7.49. The zero-order valence-corrected chi connectivity index (χ0v) is 10.9. The molecule has 0 fully saturated rings. The average Bonchev–Trinajstić information content (AvgIpc) is 2.26. The minimum atomic E-state index is -4.84. The van der Waals surface area contributed by atoms with Crippen LogP contribution in [-0.4, -0.2) is 40.4 Å². The van der Waals surface area contributed by atoms with Gasteiger partial charge in [0.2, 0.25) is 0 Å². The Hall–Kier alpha value is -1.93. The fourth-order valence-electron chi connectivity index (χ4n) is 1.01. The zero-order chi connectivity index (χ0) is 15.1. The molecule has 8 heteroatoms. The molecule has 1 unspecified atom stereocenters. The molecule has 0 heterocycles. The standard InChI is InChI=1S/C7H8.C4H6O7S/c1-7-5-3-2-4-6-7;5-3(6)1-2(4(7)8)12(9,10)11/h2-6H,1H3;2H,1H2,(H,5,6)(H,7,8)(H,9,10,11). The van der Waals surface area contributed by atoms with Gasteiger partial charge >= 0.3 is 11.9 Å². The molecule has 0 amide bonds. The van der Waals surface area contributed by atoms with Crippen molar-refractivity contribution in [3.05, 3.63) is 35.9 Å². The molecule has 0 aliphatic heterocycles. The highest BCUT2D eigenvalue weighted by atomic mass is 32.2. The van der Waals surface area contributed by atoms with Crippen molar-refractivity contribution >= 4 is 22.1 Å². The first-order valence-electron chi connectivity index (χ1n) is 5.07. The third kappa shape index (κ3) is 7.90. The van der Waals surface area contributed by atoms with E-state index < -0.39 is 33.7 Å². The topological polar surface area (TPSA) is 129 Å². The summed E-state index contributed by atoms with van der Waals surface area (Å²) >= 11 is 0. The predicted molar refractivity (Wildman–Crippen MR) is 66.4 cm³/mol. The third-order valence-corrected chi connectivity index (χ3v) is 3.02. The molecular weight excluding hydrogens is 276 g/mol. The van der Waals surface area contributed by atoms with Crippen LogP contribution in [0.2, 0.25) is 0 Å². The summed E-state index contributed by atoms with van der Waals surface area (Å²) in [7, 11) is -4.84. The van der Waals surface area contributed by atoms with Crippen LogP contribution < -0.4 is 0 Å². The molecule has 19 heavy (non-hydrogen) atoms. The molecule has 0 saturated carbocycles. The summed E-state index contributed by atoms with van der Waals surface area (Å²) < 4.78 is 28.7. The number of hydrogen-bond acceptors (Lipinski definition) is 4.